The third-order valence-corrected chi connectivity index (χ3v) is 17.1. The van der Waals surface area contributed by atoms with Crippen LogP contribution in [-0.4, -0.2) is 50.0 Å². The van der Waals surface area contributed by atoms with Crippen molar-refractivity contribution in [3.05, 3.63) is 157 Å². The zero-order valence-corrected chi connectivity index (χ0v) is 44.5. The summed E-state index contributed by atoms with van der Waals surface area (Å²) in [6.07, 6.45) is 0.825. The van der Waals surface area contributed by atoms with E-state index in [1.807, 2.05) is 36.4 Å². The molecule has 0 saturated heterocycles. The highest BCUT2D eigenvalue weighted by atomic mass is 32.1. The topological polar surface area (TPSA) is 230 Å². The van der Waals surface area contributed by atoms with Crippen LogP contribution in [0.5, 0.6) is 17.2 Å². The van der Waals surface area contributed by atoms with Gasteiger partial charge in [0, 0.05) is 60.9 Å². The predicted molar refractivity (Wildman–Crippen MR) is 328 cm³/mol. The first-order chi connectivity index (χ1) is 38.0. The maximum absolute atomic E-state index is 7.09. The summed E-state index contributed by atoms with van der Waals surface area (Å²) in [6.45, 7) is 0. The van der Waals surface area contributed by atoms with Crippen molar-refractivity contribution in [1.82, 2.24) is 28.7 Å². The second-order valence-electron chi connectivity index (χ2n) is 19.8. The first-order valence-electron chi connectivity index (χ1n) is 25.3. The van der Waals surface area contributed by atoms with Crippen LogP contribution in [0.25, 0.3) is 129 Å². The quantitative estimate of drug-likeness (QED) is 0.0467. The van der Waals surface area contributed by atoms with Gasteiger partial charge in [0.2, 0.25) is 11.0 Å². The van der Waals surface area contributed by atoms with Gasteiger partial charge in [-0.25, -0.2) is 0 Å². The second-order valence-corrected chi connectivity index (χ2v) is 21.5. The van der Waals surface area contributed by atoms with E-state index in [1.54, 1.807) is 21.3 Å². The maximum atomic E-state index is 7.09. The number of aromatic nitrogens is 7. The molecule has 1 aliphatic carbocycles. The molecule has 9 aromatic heterocycles. The SMILES string of the molecule is COc1cc2c3cc1[nH]c1c4cc5ccccc5[n+](C)c4c4[nH]c5ccc6cc(cc(N)c6c5)[nH]sc5c(OC)c(N)ccc5c5ccc(N)c(OC)c5s[nH]c5cc(N)c6cc(ccc6c5)[nH]c4c1[nH]c1ccc(c3c1)C2. The van der Waals surface area contributed by atoms with Crippen LogP contribution in [0.2, 0.25) is 0 Å². The van der Waals surface area contributed by atoms with Gasteiger partial charge in [-0.3, -0.25) is 0 Å². The Bertz CT molecular complexity index is 5120. The number of ether oxygens (including phenoxy) is 3. The molecule has 12 bridgehead atoms. The molecule has 78 heavy (non-hydrogen) atoms. The number of fused-ring (bicyclic) bond motifs is 6. The molecule has 1 aliphatic rings. The molecule has 0 atom stereocenters. The molecule has 384 valence electrons. The molecule has 14 N–H and O–H groups in total. The van der Waals surface area contributed by atoms with E-state index in [9.17, 15) is 0 Å². The highest BCUT2D eigenvalue weighted by molar-refractivity contribution is 7.14. The zero-order valence-electron chi connectivity index (χ0n) is 42.9. The van der Waals surface area contributed by atoms with E-state index in [4.69, 9.17) is 37.1 Å². The summed E-state index contributed by atoms with van der Waals surface area (Å²) in [6, 6.07) is 50.1. The average Bonchev–Trinajstić information content (AvgIpc) is 3.95. The summed E-state index contributed by atoms with van der Waals surface area (Å²) in [4.78, 5) is 15.9. The number of H-pyrrole nitrogens is 6. The van der Waals surface area contributed by atoms with E-state index in [-0.39, 0.29) is 0 Å². The monoisotopic (exact) mass is 1060 g/mol. The number of nitrogen functional groups attached to an aromatic ring is 4. The van der Waals surface area contributed by atoms with Gasteiger partial charge in [0.25, 0.3) is 0 Å². The number of hydrogen-bond acceptors (Lipinski definition) is 9. The van der Waals surface area contributed by atoms with Crippen molar-refractivity contribution in [1.29, 1.82) is 0 Å². The number of nitrogens with two attached hydrogens (primary N) is 4. The minimum absolute atomic E-state index is 0.484. The van der Waals surface area contributed by atoms with Gasteiger partial charge in [0.05, 0.1) is 80.6 Å². The summed E-state index contributed by atoms with van der Waals surface area (Å²) in [5, 5.41) is 9.73. The second kappa shape index (κ2) is 17.9. The molecule has 0 aliphatic heterocycles. The minimum Gasteiger partial charge on any atom is -0.495 e. The van der Waals surface area contributed by atoms with Crippen LogP contribution in [0.4, 0.5) is 22.7 Å². The summed E-state index contributed by atoms with van der Waals surface area (Å²) in [5.41, 5.74) is 42.3. The number of benzene rings is 10. The summed E-state index contributed by atoms with van der Waals surface area (Å²) in [5.74, 6) is 1.79. The highest BCUT2D eigenvalue weighted by Gasteiger charge is 2.22. The number of anilines is 4. The van der Waals surface area contributed by atoms with Crippen molar-refractivity contribution >= 4 is 175 Å². The minimum atomic E-state index is 0.484. The number of nitrogens with one attached hydrogen (secondary N) is 6. The van der Waals surface area contributed by atoms with E-state index >= 15 is 0 Å². The molecular formula is C62H52N11O3S2+. The molecule has 20 rings (SSSR count). The Morgan fingerprint density at radius 1 is 0.423 bits per heavy atom. The lowest BCUT2D eigenvalue weighted by Crippen LogP contribution is -2.30. The number of nitrogens with zero attached hydrogens (tertiary/aromatic N) is 1. The van der Waals surface area contributed by atoms with Gasteiger partial charge in [-0.2, -0.15) is 4.57 Å². The lowest BCUT2D eigenvalue weighted by Gasteiger charge is -2.11. The third-order valence-electron chi connectivity index (χ3n) is 15.2. The number of methoxy groups -OCH3 is 3. The summed E-state index contributed by atoms with van der Waals surface area (Å²) >= 11 is 2.76. The van der Waals surface area contributed by atoms with Gasteiger partial charge >= 0.3 is 0 Å². The Labute approximate surface area is 452 Å². The molecule has 0 radical (unpaired) electrons. The third kappa shape index (κ3) is 7.47. The van der Waals surface area contributed by atoms with Crippen molar-refractivity contribution in [2.75, 3.05) is 44.3 Å². The Balaban J connectivity index is 1.20. The number of pyridine rings is 1. The smallest absolute Gasteiger partial charge is 0.240 e. The van der Waals surface area contributed by atoms with Crippen LogP contribution >= 0.6 is 23.1 Å². The van der Waals surface area contributed by atoms with Gasteiger partial charge in [-0.05, 0) is 136 Å². The standard InChI is InChI=1S/C62H51N11O3S2/c1-73-52-8-6-5-7-33(52)22-46-54-55(67-35-12-9-30-19-34-23-53(74-2)51(70-54)29-43(34)42(30)24-35)56-57(58(46)73)69-37-14-11-32-21-39(28-50(66)45(32)26-37)72-78-62-41(16-18-48(64)60(62)76-4)40-15-17-47(63)59(75-3)61(40)77-71-38-20-31-10-13-36(68-56)25-44(31)49(65)27-38/h5-18,20-29,67,69,71-72H,19,63-66H2,1-4H3,(H,68,70)/p+1. The molecule has 9 heterocycles. The number of aromatic amines is 6. The lowest BCUT2D eigenvalue weighted by molar-refractivity contribution is -0.616. The van der Waals surface area contributed by atoms with Crippen LogP contribution in [0.3, 0.4) is 0 Å². The fraction of sp³-hybridized carbons (Fsp3) is 0.0806. The Morgan fingerprint density at radius 2 is 0.974 bits per heavy atom. The fourth-order valence-corrected chi connectivity index (χ4v) is 13.4. The van der Waals surface area contributed by atoms with Gasteiger partial charge in [0.15, 0.2) is 11.5 Å². The molecule has 0 saturated carbocycles. The van der Waals surface area contributed by atoms with Crippen molar-refractivity contribution in [2.24, 2.45) is 7.05 Å². The predicted octanol–water partition coefficient (Wildman–Crippen LogP) is 14.3. The first-order valence-corrected chi connectivity index (χ1v) is 26.9. The fourth-order valence-electron chi connectivity index (χ4n) is 11.5. The van der Waals surface area contributed by atoms with E-state index in [0.717, 1.165) is 131 Å². The molecule has 0 amide bonds. The van der Waals surface area contributed by atoms with E-state index < -0.39 is 0 Å². The molecule has 16 heteroatoms. The van der Waals surface area contributed by atoms with Gasteiger partial charge in [-0.1, -0.05) is 65.5 Å². The lowest BCUT2D eigenvalue weighted by atomic mass is 10.1. The molecule has 19 aromatic rings. The van der Waals surface area contributed by atoms with Crippen LogP contribution in [0.15, 0.2) is 146 Å². The zero-order chi connectivity index (χ0) is 53.1. The molecule has 10 aromatic carbocycles. The van der Waals surface area contributed by atoms with Crippen molar-refractivity contribution in [3.8, 4) is 17.2 Å². The largest absolute Gasteiger partial charge is 0.495 e. The average molecular weight is 1060 g/mol. The summed E-state index contributed by atoms with van der Waals surface area (Å²) < 4.78 is 29.1. The van der Waals surface area contributed by atoms with Gasteiger partial charge in [0.1, 0.15) is 18.3 Å². The summed E-state index contributed by atoms with van der Waals surface area (Å²) in [7, 11) is 7.09. The van der Waals surface area contributed by atoms with E-state index in [1.165, 1.54) is 45.0 Å². The van der Waals surface area contributed by atoms with E-state index in [0.29, 0.717) is 34.2 Å². The number of hydrogen-bond donors (Lipinski definition) is 10. The van der Waals surface area contributed by atoms with E-state index in [2.05, 4.69) is 149 Å². The molecular weight excluding hydrogens is 1010 g/mol. The van der Waals surface area contributed by atoms with Crippen LogP contribution < -0.4 is 41.7 Å². The van der Waals surface area contributed by atoms with Crippen LogP contribution in [0.1, 0.15) is 11.1 Å². The normalized spacial score (nSPS) is 12.0. The van der Waals surface area contributed by atoms with Crippen molar-refractivity contribution in [2.45, 2.75) is 6.42 Å². The van der Waals surface area contributed by atoms with Gasteiger partial charge in [-0.15, -0.1) is 0 Å². The maximum Gasteiger partial charge on any atom is 0.240 e. The Morgan fingerprint density at radius 3 is 1.58 bits per heavy atom. The molecule has 14 nitrogen and oxygen atoms in total. The highest BCUT2D eigenvalue weighted by Crippen LogP contribution is 2.42. The Hall–Kier alpha value is -9.77. The van der Waals surface area contributed by atoms with Crippen LogP contribution in [-0.2, 0) is 13.5 Å². The van der Waals surface area contributed by atoms with Crippen LogP contribution in [0, 0.1) is 0 Å². The Kier molecular flexibility index (Phi) is 10.7. The number of rotatable bonds is 3. The first kappa shape index (κ1) is 46.7. The van der Waals surface area contributed by atoms with Crippen molar-refractivity contribution < 1.29 is 18.8 Å². The number of para-hydroxylation sites is 1. The van der Waals surface area contributed by atoms with Crippen molar-refractivity contribution in [3.63, 3.8) is 0 Å². The molecule has 0 fully saturated rings. The number of aryl methyl sites for hydroxylation is 1. The molecule has 0 spiro atoms. The van der Waals surface area contributed by atoms with Gasteiger partial charge < -0.3 is 65.8 Å². The molecule has 0 unspecified atom stereocenters.